The number of hydrogen-bond donors (Lipinski definition) is 0. The Morgan fingerprint density at radius 1 is 0.261 bits per heavy atom. The molecule has 0 bridgehead atoms. The van der Waals surface area contributed by atoms with Gasteiger partial charge in [-0.3, -0.25) is 0 Å². The fourth-order valence-corrected chi connectivity index (χ4v) is 31.3. The first kappa shape index (κ1) is 71.2. The quantitative estimate of drug-likeness (QED) is 0.0358. The average Bonchev–Trinajstić information content (AvgIpc) is 1.16. The molecule has 7 heteroatoms. The standard InChI is InChI=1S/C81H124N2Si5/c1-28-85(29-2,30-3)68-52-65(53-69(56-68)86(31-4,32-5)33-6)82(63-48-59(78(13,14)15)46-60(49-63)79(16,17)18)76-72-42-40-41-43-73(72)77(75-58-67(84(25,26)27)44-45-74(75)76)83(64-50-61(80(19,20)21)47-62(51-64)81(22,23)24)66-54-70(87(34-7,35-8)36-9)57-71(55-66)88(37-10,38-11)39-12/h40-58H,28-39H2,1-27H3. The molecule has 0 N–H and O–H groups in total. The molecule has 0 amide bonds. The van der Waals surface area contributed by atoms with Crippen molar-refractivity contribution in [2.45, 2.75) is 280 Å². The van der Waals surface area contributed by atoms with Gasteiger partial charge in [-0.2, -0.15) is 0 Å². The van der Waals surface area contributed by atoms with E-state index in [4.69, 9.17) is 0 Å². The van der Waals surface area contributed by atoms with Crippen LogP contribution in [0.1, 0.15) is 188 Å². The molecule has 0 aromatic heterocycles. The van der Waals surface area contributed by atoms with Gasteiger partial charge in [-0.15, -0.1) is 0 Å². The zero-order valence-electron chi connectivity index (χ0n) is 61.3. The molecule has 0 saturated heterocycles. The van der Waals surface area contributed by atoms with Gasteiger partial charge in [0.15, 0.2) is 0 Å². The lowest BCUT2D eigenvalue weighted by Crippen LogP contribution is -2.52. The van der Waals surface area contributed by atoms with Crippen LogP contribution in [0.4, 0.5) is 34.1 Å². The highest BCUT2D eigenvalue weighted by atomic mass is 28.3. The first-order valence-electron chi connectivity index (χ1n) is 35.3. The molecule has 2 nitrogen and oxygen atoms in total. The molecule has 0 aliphatic heterocycles. The van der Waals surface area contributed by atoms with Crippen molar-refractivity contribution < 1.29 is 0 Å². The number of fused-ring (bicyclic) bond motifs is 2. The van der Waals surface area contributed by atoms with Crippen molar-refractivity contribution in [2.75, 3.05) is 9.80 Å². The molecule has 478 valence electrons. The van der Waals surface area contributed by atoms with Crippen LogP contribution in [0.2, 0.25) is 92.2 Å². The van der Waals surface area contributed by atoms with Gasteiger partial charge < -0.3 is 9.80 Å². The molecule has 0 atom stereocenters. The summed E-state index contributed by atoms with van der Waals surface area (Å²) in [5.74, 6) is 0. The highest BCUT2D eigenvalue weighted by Gasteiger charge is 2.40. The number of benzene rings is 7. The second-order valence-corrected chi connectivity index (χ2v) is 58.5. The Morgan fingerprint density at radius 2 is 0.500 bits per heavy atom. The molecule has 0 saturated carbocycles. The summed E-state index contributed by atoms with van der Waals surface area (Å²) in [4.78, 5) is 5.70. The number of hydrogen-bond acceptors (Lipinski definition) is 2. The summed E-state index contributed by atoms with van der Waals surface area (Å²) in [6.07, 6.45) is 0. The van der Waals surface area contributed by atoms with Crippen molar-refractivity contribution in [2.24, 2.45) is 0 Å². The predicted molar refractivity (Wildman–Crippen MR) is 416 cm³/mol. The summed E-state index contributed by atoms with van der Waals surface area (Å²) in [6.45, 7) is 66.9. The van der Waals surface area contributed by atoms with Gasteiger partial charge in [0.2, 0.25) is 0 Å². The Morgan fingerprint density at radius 3 is 0.739 bits per heavy atom. The molecule has 0 fully saturated rings. The van der Waals surface area contributed by atoms with Gasteiger partial charge in [0.1, 0.15) is 0 Å². The van der Waals surface area contributed by atoms with Gasteiger partial charge in [0.25, 0.3) is 0 Å². The van der Waals surface area contributed by atoms with Gasteiger partial charge in [0, 0.05) is 44.3 Å². The van der Waals surface area contributed by atoms with Gasteiger partial charge in [0.05, 0.1) is 51.7 Å². The Labute approximate surface area is 545 Å². The summed E-state index contributed by atoms with van der Waals surface area (Å²) < 4.78 is 0. The van der Waals surface area contributed by atoms with E-state index in [-0.39, 0.29) is 21.7 Å². The average molecular weight is 1270 g/mol. The highest BCUT2D eigenvalue weighted by Crippen LogP contribution is 2.53. The third-order valence-corrected chi connectivity index (χ3v) is 47.4. The van der Waals surface area contributed by atoms with Crippen LogP contribution in [0.25, 0.3) is 21.5 Å². The molecule has 0 aliphatic carbocycles. The minimum atomic E-state index is -1.93. The summed E-state index contributed by atoms with van der Waals surface area (Å²) in [5, 5.41) is 13.4. The summed E-state index contributed by atoms with van der Waals surface area (Å²) >= 11 is 0. The third kappa shape index (κ3) is 13.6. The van der Waals surface area contributed by atoms with Crippen molar-refractivity contribution >= 4 is 122 Å². The monoisotopic (exact) mass is 1260 g/mol. The second-order valence-electron chi connectivity index (χ2n) is 32.4. The SMILES string of the molecule is CC[Si](CC)(CC)c1cc(N(c2cc(C(C)(C)C)cc(C(C)(C)C)c2)c2c3ccccc3c(N(c3cc(C(C)(C)C)cc(C(C)(C)C)c3)c3cc([Si](CC)(CC)CC)cc([Si](CC)(CC)CC)c3)c3cc([Si](C)(C)C)ccc23)cc([Si](CC)(CC)CC)c1. The van der Waals surface area contributed by atoms with Crippen LogP contribution < -0.4 is 35.7 Å². The van der Waals surface area contributed by atoms with Crippen LogP contribution in [-0.2, 0) is 21.7 Å². The first-order chi connectivity index (χ1) is 41.1. The number of anilines is 6. The van der Waals surface area contributed by atoms with Crippen molar-refractivity contribution in [3.8, 4) is 0 Å². The molecule has 7 rings (SSSR count). The van der Waals surface area contributed by atoms with E-state index in [1.807, 2.05) is 0 Å². The van der Waals surface area contributed by atoms with Crippen LogP contribution in [0.3, 0.4) is 0 Å². The Bertz CT molecular complexity index is 3380. The zero-order valence-corrected chi connectivity index (χ0v) is 66.3. The van der Waals surface area contributed by atoms with E-state index in [0.29, 0.717) is 0 Å². The molecule has 88 heavy (non-hydrogen) atoms. The smallest absolute Gasteiger partial charge is 0.0860 e. The Hall–Kier alpha value is -4.26. The lowest BCUT2D eigenvalue weighted by molar-refractivity contribution is 0.568. The van der Waals surface area contributed by atoms with Gasteiger partial charge >= 0.3 is 0 Å². The first-order valence-corrected chi connectivity index (χ1v) is 49.3. The van der Waals surface area contributed by atoms with Crippen LogP contribution in [0, 0.1) is 0 Å². The molecule has 0 aliphatic rings. The summed E-state index contributed by atoms with van der Waals surface area (Å²) in [7, 11) is -9.65. The lowest BCUT2D eigenvalue weighted by Gasteiger charge is -2.39. The van der Waals surface area contributed by atoms with E-state index in [1.54, 1.807) is 20.7 Å². The van der Waals surface area contributed by atoms with Crippen molar-refractivity contribution in [1.82, 2.24) is 0 Å². The van der Waals surface area contributed by atoms with Crippen LogP contribution in [0.15, 0.2) is 115 Å². The van der Waals surface area contributed by atoms with Crippen molar-refractivity contribution in [3.63, 3.8) is 0 Å². The molecule has 7 aromatic rings. The van der Waals surface area contributed by atoms with Gasteiger partial charge in [-0.05, 0) is 92.4 Å². The normalized spacial score (nSPS) is 13.5. The maximum absolute atomic E-state index is 2.86. The maximum atomic E-state index is 2.86. The summed E-state index contributed by atoms with van der Waals surface area (Å²) in [5.41, 5.74) is 13.0. The van der Waals surface area contributed by atoms with Crippen molar-refractivity contribution in [1.29, 1.82) is 0 Å². The second kappa shape index (κ2) is 26.8. The fourth-order valence-electron chi connectivity index (χ4n) is 15.3. The summed E-state index contributed by atoms with van der Waals surface area (Å²) in [6, 6.07) is 64.7. The van der Waals surface area contributed by atoms with Crippen LogP contribution in [0.5, 0.6) is 0 Å². The fraction of sp³-hybridized carbons (Fsp3) is 0.531. The Balaban J connectivity index is 1.89. The molecular formula is C81H124N2Si5. The van der Waals surface area contributed by atoms with E-state index in [0.717, 1.165) is 0 Å². The van der Waals surface area contributed by atoms with Gasteiger partial charge in [-0.25, -0.2) is 0 Å². The molecule has 0 unspecified atom stereocenters. The lowest BCUT2D eigenvalue weighted by atomic mass is 9.80. The molecule has 0 radical (unpaired) electrons. The van der Waals surface area contributed by atoms with Crippen molar-refractivity contribution in [3.05, 3.63) is 138 Å². The molecule has 0 spiro atoms. The topological polar surface area (TPSA) is 6.48 Å². The van der Waals surface area contributed by atoms with Gasteiger partial charge in [-0.1, -0.05) is 351 Å². The molecular weight excluding hydrogens is 1140 g/mol. The van der Waals surface area contributed by atoms with Crippen LogP contribution >= 0.6 is 0 Å². The Kier molecular flexibility index (Phi) is 21.6. The highest BCUT2D eigenvalue weighted by molar-refractivity contribution is 6.95. The maximum Gasteiger partial charge on any atom is 0.0860 e. The third-order valence-electron chi connectivity index (χ3n) is 23.0. The van der Waals surface area contributed by atoms with Crippen LogP contribution in [-0.4, -0.2) is 40.4 Å². The number of rotatable bonds is 23. The number of nitrogens with zero attached hydrogens (tertiary/aromatic N) is 2. The molecule has 0 heterocycles. The largest absolute Gasteiger partial charge is 0.309 e. The zero-order chi connectivity index (χ0) is 65.5. The minimum Gasteiger partial charge on any atom is -0.309 e. The van der Waals surface area contributed by atoms with E-state index >= 15 is 0 Å². The van der Waals surface area contributed by atoms with E-state index in [1.165, 1.54) is 156 Å². The predicted octanol–water partition coefficient (Wildman–Crippen LogP) is 23.5. The van der Waals surface area contributed by atoms with E-state index in [9.17, 15) is 0 Å². The van der Waals surface area contributed by atoms with E-state index in [2.05, 4.69) is 311 Å². The molecule has 7 aromatic carbocycles. The van der Waals surface area contributed by atoms with E-state index < -0.39 is 40.4 Å². The minimum absolute atomic E-state index is 0.0821.